The van der Waals surface area contributed by atoms with Gasteiger partial charge < -0.3 is 0 Å². The van der Waals surface area contributed by atoms with Crippen LogP contribution >= 0.6 is 23.4 Å². The van der Waals surface area contributed by atoms with Crippen molar-refractivity contribution in [2.24, 2.45) is 0 Å². The number of pyridine rings is 1. The molecule has 2 aromatic rings. The third-order valence-electron chi connectivity index (χ3n) is 2.09. The van der Waals surface area contributed by atoms with Gasteiger partial charge in [0.15, 0.2) is 0 Å². The van der Waals surface area contributed by atoms with Gasteiger partial charge in [0, 0.05) is 0 Å². The fourth-order valence-electron chi connectivity index (χ4n) is 1.37. The summed E-state index contributed by atoms with van der Waals surface area (Å²) >= 11 is 7.55. The second-order valence-corrected chi connectivity index (χ2v) is 4.30. The average molecular weight is 236 g/mol. The first-order valence-electron chi connectivity index (χ1n) is 4.56. The van der Waals surface area contributed by atoms with E-state index >= 15 is 0 Å². The molecule has 0 aliphatic carbocycles. The molecule has 3 heteroatoms. The maximum Gasteiger partial charge on any atom is 0.130 e. The number of halogens is 1. The summed E-state index contributed by atoms with van der Waals surface area (Å²) in [5.41, 5.74) is 2.28. The average Bonchev–Trinajstić information content (AvgIpc) is 2.29. The monoisotopic (exact) mass is 235 g/mol. The molecule has 0 amide bonds. The van der Waals surface area contributed by atoms with Crippen molar-refractivity contribution >= 4 is 23.4 Å². The third kappa shape index (κ3) is 2.52. The van der Waals surface area contributed by atoms with Crippen LogP contribution in [0.15, 0.2) is 47.5 Å². The Bertz CT molecular complexity index is 456. The van der Waals surface area contributed by atoms with Crippen LogP contribution in [0, 0.1) is 0 Å². The predicted molar refractivity (Wildman–Crippen MR) is 66.5 cm³/mol. The van der Waals surface area contributed by atoms with Crippen LogP contribution in [0.3, 0.4) is 0 Å². The van der Waals surface area contributed by atoms with Gasteiger partial charge in [0.1, 0.15) is 5.15 Å². The van der Waals surface area contributed by atoms with Crippen LogP contribution in [0.1, 0.15) is 0 Å². The number of thioether (sulfide) groups is 1. The first kappa shape index (κ1) is 10.5. The molecule has 1 heterocycles. The molecule has 1 nitrogen and oxygen atoms in total. The quantitative estimate of drug-likeness (QED) is 0.574. The van der Waals surface area contributed by atoms with E-state index < -0.39 is 0 Å². The van der Waals surface area contributed by atoms with Crippen molar-refractivity contribution in [2.75, 3.05) is 6.26 Å². The van der Waals surface area contributed by atoms with Crippen molar-refractivity contribution < 1.29 is 0 Å². The summed E-state index contributed by atoms with van der Waals surface area (Å²) in [6.45, 7) is 0. The molecule has 1 aromatic carbocycles. The van der Waals surface area contributed by atoms with Gasteiger partial charge in [0.05, 0.1) is 5.03 Å². The fourth-order valence-corrected chi connectivity index (χ4v) is 2.07. The Morgan fingerprint density at radius 2 is 1.80 bits per heavy atom. The van der Waals surface area contributed by atoms with E-state index in [2.05, 4.69) is 17.1 Å². The molecule has 0 aliphatic rings. The smallest absolute Gasteiger partial charge is 0.130 e. The summed E-state index contributed by atoms with van der Waals surface area (Å²) in [5, 5.41) is 1.49. The number of rotatable bonds is 2. The number of hydrogen-bond acceptors (Lipinski definition) is 2. The Labute approximate surface area is 98.5 Å². The number of nitrogens with zero attached hydrogens (tertiary/aromatic N) is 1. The summed E-state index contributed by atoms with van der Waals surface area (Å²) in [6, 6.07) is 14.1. The number of aromatic nitrogens is 1. The van der Waals surface area contributed by atoms with Gasteiger partial charge in [0.2, 0.25) is 0 Å². The normalized spacial score (nSPS) is 10.3. The summed E-state index contributed by atoms with van der Waals surface area (Å²) in [7, 11) is 0. The lowest BCUT2D eigenvalue weighted by Gasteiger charge is -2.04. The zero-order valence-electron chi connectivity index (χ0n) is 8.27. The topological polar surface area (TPSA) is 12.9 Å². The molecule has 0 aliphatic heterocycles. The van der Waals surface area contributed by atoms with Crippen LogP contribution in [0.25, 0.3) is 11.1 Å². The van der Waals surface area contributed by atoms with Gasteiger partial charge in [-0.3, -0.25) is 0 Å². The molecule has 2 rings (SSSR count). The van der Waals surface area contributed by atoms with Crippen LogP contribution in [-0.2, 0) is 0 Å². The second-order valence-electron chi connectivity index (χ2n) is 3.09. The highest BCUT2D eigenvalue weighted by atomic mass is 35.5. The lowest BCUT2D eigenvalue weighted by Crippen LogP contribution is -1.83. The van der Waals surface area contributed by atoms with Crippen LogP contribution in [0.5, 0.6) is 0 Å². The first-order valence-corrected chi connectivity index (χ1v) is 6.17. The molecular weight excluding hydrogens is 226 g/mol. The van der Waals surface area contributed by atoms with E-state index in [4.69, 9.17) is 11.6 Å². The van der Waals surface area contributed by atoms with E-state index in [1.165, 1.54) is 0 Å². The minimum atomic E-state index is 0.542. The first-order chi connectivity index (χ1) is 7.29. The molecule has 0 saturated heterocycles. The highest BCUT2D eigenvalue weighted by Crippen LogP contribution is 2.25. The van der Waals surface area contributed by atoms with Gasteiger partial charge in [-0.15, -0.1) is 11.8 Å². The standard InChI is InChI=1S/C12H10ClNS/c1-15-12-8-10(7-11(13)14-12)9-5-3-2-4-6-9/h2-8H,1H3. The van der Waals surface area contributed by atoms with E-state index in [9.17, 15) is 0 Å². The molecule has 0 atom stereocenters. The van der Waals surface area contributed by atoms with E-state index in [0.717, 1.165) is 16.2 Å². The second kappa shape index (κ2) is 4.69. The van der Waals surface area contributed by atoms with Crippen molar-refractivity contribution in [2.45, 2.75) is 5.03 Å². The summed E-state index contributed by atoms with van der Waals surface area (Å²) in [6.07, 6.45) is 1.99. The van der Waals surface area contributed by atoms with E-state index in [1.807, 2.05) is 36.6 Å². The highest BCUT2D eigenvalue weighted by Gasteiger charge is 2.02. The van der Waals surface area contributed by atoms with Crippen molar-refractivity contribution in [3.8, 4) is 11.1 Å². The molecule has 0 fully saturated rings. The van der Waals surface area contributed by atoms with Crippen molar-refractivity contribution in [1.82, 2.24) is 4.98 Å². The third-order valence-corrected chi connectivity index (χ3v) is 2.91. The minimum Gasteiger partial charge on any atom is -0.230 e. The molecule has 1 aromatic heterocycles. The fraction of sp³-hybridized carbons (Fsp3) is 0.0833. The lowest BCUT2D eigenvalue weighted by atomic mass is 10.1. The van der Waals surface area contributed by atoms with Gasteiger partial charge in [0.25, 0.3) is 0 Å². The van der Waals surface area contributed by atoms with Gasteiger partial charge in [-0.1, -0.05) is 41.9 Å². The molecule has 15 heavy (non-hydrogen) atoms. The molecule has 0 unspecified atom stereocenters. The Morgan fingerprint density at radius 1 is 1.07 bits per heavy atom. The number of benzene rings is 1. The van der Waals surface area contributed by atoms with Crippen molar-refractivity contribution in [3.63, 3.8) is 0 Å². The van der Waals surface area contributed by atoms with Crippen molar-refractivity contribution in [1.29, 1.82) is 0 Å². The summed E-state index contributed by atoms with van der Waals surface area (Å²) in [4.78, 5) is 4.21. The molecule has 0 radical (unpaired) electrons. The molecule has 76 valence electrons. The van der Waals surface area contributed by atoms with Crippen molar-refractivity contribution in [3.05, 3.63) is 47.6 Å². The zero-order chi connectivity index (χ0) is 10.7. The van der Waals surface area contributed by atoms with Crippen LogP contribution < -0.4 is 0 Å². The van der Waals surface area contributed by atoms with Crippen LogP contribution in [0.4, 0.5) is 0 Å². The van der Waals surface area contributed by atoms with Crippen LogP contribution in [0.2, 0.25) is 5.15 Å². The van der Waals surface area contributed by atoms with E-state index in [1.54, 1.807) is 11.8 Å². The van der Waals surface area contributed by atoms with E-state index in [-0.39, 0.29) is 0 Å². The molecule has 0 saturated carbocycles. The maximum absolute atomic E-state index is 5.95. The number of hydrogen-bond donors (Lipinski definition) is 0. The van der Waals surface area contributed by atoms with Crippen LogP contribution in [-0.4, -0.2) is 11.2 Å². The largest absolute Gasteiger partial charge is 0.230 e. The predicted octanol–water partition coefficient (Wildman–Crippen LogP) is 4.12. The molecule has 0 spiro atoms. The Morgan fingerprint density at radius 3 is 2.47 bits per heavy atom. The minimum absolute atomic E-state index is 0.542. The summed E-state index contributed by atoms with van der Waals surface area (Å²) in [5.74, 6) is 0. The summed E-state index contributed by atoms with van der Waals surface area (Å²) < 4.78 is 0. The van der Waals surface area contributed by atoms with Gasteiger partial charge >= 0.3 is 0 Å². The molecule has 0 bridgehead atoms. The maximum atomic E-state index is 5.95. The Balaban J connectivity index is 2.49. The Kier molecular flexibility index (Phi) is 3.29. The molecule has 0 N–H and O–H groups in total. The molecular formula is C12H10ClNS. The lowest BCUT2D eigenvalue weighted by molar-refractivity contribution is 1.14. The zero-order valence-corrected chi connectivity index (χ0v) is 9.85. The Hall–Kier alpha value is -0.990. The van der Waals surface area contributed by atoms with Gasteiger partial charge in [-0.2, -0.15) is 0 Å². The SMILES string of the molecule is CSc1cc(-c2ccccc2)cc(Cl)n1. The van der Waals surface area contributed by atoms with E-state index in [0.29, 0.717) is 5.15 Å². The van der Waals surface area contributed by atoms with Gasteiger partial charge in [-0.25, -0.2) is 4.98 Å². The highest BCUT2D eigenvalue weighted by molar-refractivity contribution is 7.98. The van der Waals surface area contributed by atoms with Gasteiger partial charge in [-0.05, 0) is 29.5 Å².